The molecule has 18 heavy (non-hydrogen) atoms. The van der Waals surface area contributed by atoms with E-state index in [2.05, 4.69) is 15.4 Å². The van der Waals surface area contributed by atoms with Crippen LogP contribution >= 0.6 is 11.3 Å². The lowest BCUT2D eigenvalue weighted by Gasteiger charge is -2.06. The molecule has 0 fully saturated rings. The third-order valence-electron chi connectivity index (χ3n) is 2.59. The maximum Gasteiger partial charge on any atom is 0.272 e. The fourth-order valence-electron chi connectivity index (χ4n) is 1.64. The standard InChI is InChI=1S/C11H15N5OS/c1-3-16-10(9(12)7(2)15-16)11(17)14-5-8-4-13-6-18-8/h4,6H,3,5,12H2,1-2H3,(H,14,17). The zero-order valence-electron chi connectivity index (χ0n) is 10.3. The quantitative estimate of drug-likeness (QED) is 0.869. The average Bonchev–Trinajstić information content (AvgIpc) is 2.96. The van der Waals surface area contributed by atoms with Gasteiger partial charge in [0.1, 0.15) is 5.69 Å². The molecule has 3 N–H and O–H groups in total. The second-order valence-electron chi connectivity index (χ2n) is 3.81. The summed E-state index contributed by atoms with van der Waals surface area (Å²) >= 11 is 1.50. The van der Waals surface area contributed by atoms with Crippen molar-refractivity contribution in [1.82, 2.24) is 20.1 Å². The molecule has 0 aliphatic carbocycles. The highest BCUT2D eigenvalue weighted by atomic mass is 32.1. The van der Waals surface area contributed by atoms with E-state index in [0.717, 1.165) is 4.88 Å². The van der Waals surface area contributed by atoms with Gasteiger partial charge in [0.15, 0.2) is 0 Å². The first-order valence-corrected chi connectivity index (χ1v) is 6.50. The van der Waals surface area contributed by atoms with Gasteiger partial charge in [-0.05, 0) is 13.8 Å². The van der Waals surface area contributed by atoms with Crippen molar-refractivity contribution in [2.45, 2.75) is 26.9 Å². The highest BCUT2D eigenvalue weighted by Gasteiger charge is 2.18. The largest absolute Gasteiger partial charge is 0.395 e. The van der Waals surface area contributed by atoms with E-state index in [1.807, 2.05) is 6.92 Å². The van der Waals surface area contributed by atoms with Crippen LogP contribution in [0, 0.1) is 6.92 Å². The first-order valence-electron chi connectivity index (χ1n) is 5.62. The van der Waals surface area contributed by atoms with E-state index in [1.165, 1.54) is 11.3 Å². The minimum atomic E-state index is -0.205. The Morgan fingerprint density at radius 1 is 1.61 bits per heavy atom. The minimum absolute atomic E-state index is 0.205. The molecule has 2 rings (SSSR count). The molecule has 0 unspecified atom stereocenters. The van der Waals surface area contributed by atoms with Crippen LogP contribution in [0.3, 0.4) is 0 Å². The molecule has 7 heteroatoms. The summed E-state index contributed by atoms with van der Waals surface area (Å²) < 4.78 is 1.62. The number of carbonyl (C=O) groups is 1. The third-order valence-corrected chi connectivity index (χ3v) is 3.37. The van der Waals surface area contributed by atoms with Crippen LogP contribution in [0.1, 0.15) is 28.0 Å². The van der Waals surface area contributed by atoms with Crippen molar-refractivity contribution >= 4 is 22.9 Å². The Morgan fingerprint density at radius 3 is 3.00 bits per heavy atom. The van der Waals surface area contributed by atoms with Crippen molar-refractivity contribution < 1.29 is 4.79 Å². The second-order valence-corrected chi connectivity index (χ2v) is 4.78. The van der Waals surface area contributed by atoms with Gasteiger partial charge in [-0.25, -0.2) is 0 Å². The van der Waals surface area contributed by atoms with Crippen molar-refractivity contribution in [3.63, 3.8) is 0 Å². The molecule has 0 aromatic carbocycles. The van der Waals surface area contributed by atoms with Gasteiger partial charge in [-0.1, -0.05) is 0 Å². The number of hydrogen-bond acceptors (Lipinski definition) is 5. The van der Waals surface area contributed by atoms with E-state index >= 15 is 0 Å². The summed E-state index contributed by atoms with van der Waals surface area (Å²) in [5.74, 6) is -0.205. The Hall–Kier alpha value is -1.89. The van der Waals surface area contributed by atoms with Crippen LogP contribution < -0.4 is 11.1 Å². The molecule has 6 nitrogen and oxygen atoms in total. The molecule has 0 radical (unpaired) electrons. The summed E-state index contributed by atoms with van der Waals surface area (Å²) in [7, 11) is 0. The van der Waals surface area contributed by atoms with Crippen molar-refractivity contribution in [2.24, 2.45) is 0 Å². The number of carbonyl (C=O) groups excluding carboxylic acids is 1. The fourth-order valence-corrected chi connectivity index (χ4v) is 2.18. The molecule has 0 saturated heterocycles. The fraction of sp³-hybridized carbons (Fsp3) is 0.364. The first-order chi connectivity index (χ1) is 8.63. The number of nitrogens with zero attached hydrogens (tertiary/aromatic N) is 3. The number of nitrogen functional groups attached to an aromatic ring is 1. The number of thiazole rings is 1. The Bertz CT molecular complexity index is 546. The van der Waals surface area contributed by atoms with Gasteiger partial charge in [0.05, 0.1) is 23.4 Å². The third kappa shape index (κ3) is 2.35. The average molecular weight is 265 g/mol. The second kappa shape index (κ2) is 5.18. The number of aryl methyl sites for hydroxylation is 2. The van der Waals surface area contributed by atoms with Crippen LogP contribution in [0.4, 0.5) is 5.69 Å². The molecule has 0 atom stereocenters. The molecule has 0 aliphatic rings. The SMILES string of the molecule is CCn1nc(C)c(N)c1C(=O)NCc1cncs1. The normalized spacial score (nSPS) is 10.6. The van der Waals surface area contributed by atoms with E-state index in [-0.39, 0.29) is 5.91 Å². The summed E-state index contributed by atoms with van der Waals surface area (Å²) in [6.07, 6.45) is 1.73. The van der Waals surface area contributed by atoms with Gasteiger partial charge in [-0.3, -0.25) is 14.5 Å². The smallest absolute Gasteiger partial charge is 0.272 e. The number of rotatable bonds is 4. The zero-order chi connectivity index (χ0) is 13.1. The number of amides is 1. The van der Waals surface area contributed by atoms with Crippen LogP contribution in [-0.2, 0) is 13.1 Å². The maximum atomic E-state index is 12.1. The van der Waals surface area contributed by atoms with Crippen molar-refractivity contribution in [2.75, 3.05) is 5.73 Å². The van der Waals surface area contributed by atoms with Gasteiger partial charge in [0.2, 0.25) is 0 Å². The molecular weight excluding hydrogens is 250 g/mol. The van der Waals surface area contributed by atoms with Crippen LogP contribution in [0.25, 0.3) is 0 Å². The number of nitrogens with two attached hydrogens (primary N) is 1. The molecular formula is C11H15N5OS. The molecule has 2 aromatic heterocycles. The highest BCUT2D eigenvalue weighted by Crippen LogP contribution is 2.16. The molecule has 2 aromatic rings. The van der Waals surface area contributed by atoms with Crippen LogP contribution in [-0.4, -0.2) is 20.7 Å². The predicted molar refractivity (Wildman–Crippen MR) is 70.3 cm³/mol. The molecule has 0 aliphatic heterocycles. The van der Waals surface area contributed by atoms with E-state index in [1.54, 1.807) is 23.3 Å². The predicted octanol–water partition coefficient (Wildman–Crippen LogP) is 1.18. The Kier molecular flexibility index (Phi) is 3.61. The van der Waals surface area contributed by atoms with Crippen molar-refractivity contribution in [1.29, 1.82) is 0 Å². The summed E-state index contributed by atoms with van der Waals surface area (Å²) in [6.45, 7) is 4.78. The van der Waals surface area contributed by atoms with Crippen LogP contribution in [0.2, 0.25) is 0 Å². The highest BCUT2D eigenvalue weighted by molar-refractivity contribution is 7.09. The van der Waals surface area contributed by atoms with Gasteiger partial charge in [-0.2, -0.15) is 5.10 Å². The van der Waals surface area contributed by atoms with Gasteiger partial charge >= 0.3 is 0 Å². The molecule has 0 bridgehead atoms. The summed E-state index contributed by atoms with van der Waals surface area (Å²) in [4.78, 5) is 17.0. The lowest BCUT2D eigenvalue weighted by molar-refractivity contribution is 0.0941. The number of anilines is 1. The minimum Gasteiger partial charge on any atom is -0.395 e. The number of nitrogens with one attached hydrogen (secondary N) is 1. The van der Waals surface area contributed by atoms with Gasteiger partial charge in [0, 0.05) is 17.6 Å². The van der Waals surface area contributed by atoms with Crippen LogP contribution in [0.5, 0.6) is 0 Å². The summed E-state index contributed by atoms with van der Waals surface area (Å²) in [5, 5.41) is 7.04. The van der Waals surface area contributed by atoms with E-state index in [4.69, 9.17) is 5.73 Å². The van der Waals surface area contributed by atoms with Crippen molar-refractivity contribution in [3.05, 3.63) is 28.0 Å². The topological polar surface area (TPSA) is 85.8 Å². The molecule has 96 valence electrons. The monoisotopic (exact) mass is 265 g/mol. The van der Waals surface area contributed by atoms with E-state index < -0.39 is 0 Å². The first kappa shape index (κ1) is 12.6. The summed E-state index contributed by atoms with van der Waals surface area (Å²) in [6, 6.07) is 0. The molecule has 2 heterocycles. The lowest BCUT2D eigenvalue weighted by atomic mass is 10.3. The van der Waals surface area contributed by atoms with Gasteiger partial charge in [0.25, 0.3) is 5.91 Å². The zero-order valence-corrected chi connectivity index (χ0v) is 11.1. The molecule has 0 spiro atoms. The van der Waals surface area contributed by atoms with Gasteiger partial charge in [-0.15, -0.1) is 11.3 Å². The Balaban J connectivity index is 2.13. The number of aromatic nitrogens is 3. The van der Waals surface area contributed by atoms with E-state index in [0.29, 0.717) is 30.2 Å². The lowest BCUT2D eigenvalue weighted by Crippen LogP contribution is -2.26. The Labute approximate surface area is 109 Å². The summed E-state index contributed by atoms with van der Waals surface area (Å²) in [5.41, 5.74) is 9.16. The van der Waals surface area contributed by atoms with Crippen LogP contribution in [0.15, 0.2) is 11.7 Å². The molecule has 0 saturated carbocycles. The van der Waals surface area contributed by atoms with E-state index in [9.17, 15) is 4.79 Å². The Morgan fingerprint density at radius 2 is 2.39 bits per heavy atom. The molecule has 1 amide bonds. The maximum absolute atomic E-state index is 12.1. The van der Waals surface area contributed by atoms with Crippen molar-refractivity contribution in [3.8, 4) is 0 Å². The van der Waals surface area contributed by atoms with Gasteiger partial charge < -0.3 is 11.1 Å². The number of hydrogen-bond donors (Lipinski definition) is 2.